The fourth-order valence-electron chi connectivity index (χ4n) is 1.72. The van der Waals surface area contributed by atoms with E-state index in [4.69, 9.17) is 10.5 Å². The third-order valence-electron chi connectivity index (χ3n) is 2.66. The highest BCUT2D eigenvalue weighted by atomic mass is 16.5. The van der Waals surface area contributed by atoms with Crippen LogP contribution < -0.4 is 10.5 Å². The second kappa shape index (κ2) is 4.87. The molecular weight excluding hydrogens is 228 g/mol. The highest BCUT2D eigenvalue weighted by Crippen LogP contribution is 2.22. The van der Waals surface area contributed by atoms with Gasteiger partial charge in [-0.05, 0) is 31.2 Å². The lowest BCUT2D eigenvalue weighted by atomic mass is 10.0. The van der Waals surface area contributed by atoms with Crippen LogP contribution in [0.1, 0.15) is 21.6 Å². The molecule has 0 amide bonds. The predicted molar refractivity (Wildman–Crippen MR) is 69.8 cm³/mol. The van der Waals surface area contributed by atoms with Crippen LogP contribution in [0.25, 0.3) is 0 Å². The monoisotopic (exact) mass is 242 g/mol. The standard InChI is InChI=1S/C14H14N2O2/c1-9-5-6-11(15)10(8-9)14(17)13-12(18-2)4-3-7-16-13/h3-8H,15H2,1-2H3. The van der Waals surface area contributed by atoms with Gasteiger partial charge in [-0.1, -0.05) is 11.6 Å². The summed E-state index contributed by atoms with van der Waals surface area (Å²) in [6.07, 6.45) is 1.56. The minimum Gasteiger partial charge on any atom is -0.494 e. The van der Waals surface area contributed by atoms with E-state index in [-0.39, 0.29) is 11.5 Å². The Hall–Kier alpha value is -2.36. The first kappa shape index (κ1) is 12.1. The SMILES string of the molecule is COc1cccnc1C(=O)c1cc(C)ccc1N. The summed E-state index contributed by atoms with van der Waals surface area (Å²) in [6.45, 7) is 1.91. The number of anilines is 1. The molecule has 0 radical (unpaired) electrons. The predicted octanol–water partition coefficient (Wildman–Crippen LogP) is 2.21. The Morgan fingerprint density at radius 3 is 2.83 bits per heavy atom. The molecule has 0 aliphatic rings. The lowest BCUT2D eigenvalue weighted by Gasteiger charge is -2.08. The summed E-state index contributed by atoms with van der Waals surface area (Å²) < 4.78 is 5.13. The van der Waals surface area contributed by atoms with E-state index in [1.807, 2.05) is 13.0 Å². The van der Waals surface area contributed by atoms with Gasteiger partial charge in [-0.3, -0.25) is 4.79 Å². The molecule has 18 heavy (non-hydrogen) atoms. The fraction of sp³-hybridized carbons (Fsp3) is 0.143. The number of nitrogens with zero attached hydrogens (tertiary/aromatic N) is 1. The molecular formula is C14H14N2O2. The van der Waals surface area contributed by atoms with Crippen LogP contribution in [0.2, 0.25) is 0 Å². The van der Waals surface area contributed by atoms with Gasteiger partial charge >= 0.3 is 0 Å². The Morgan fingerprint density at radius 2 is 2.11 bits per heavy atom. The molecule has 2 rings (SSSR count). The molecule has 0 saturated heterocycles. The third-order valence-corrected chi connectivity index (χ3v) is 2.66. The number of hydrogen-bond acceptors (Lipinski definition) is 4. The zero-order valence-corrected chi connectivity index (χ0v) is 10.3. The molecule has 0 bridgehead atoms. The molecule has 0 unspecified atom stereocenters. The van der Waals surface area contributed by atoms with Crippen molar-refractivity contribution in [2.75, 3.05) is 12.8 Å². The van der Waals surface area contributed by atoms with Gasteiger partial charge in [-0.2, -0.15) is 0 Å². The number of rotatable bonds is 3. The molecule has 0 aliphatic heterocycles. The molecule has 0 spiro atoms. The topological polar surface area (TPSA) is 65.2 Å². The average Bonchev–Trinajstić information content (AvgIpc) is 2.40. The minimum atomic E-state index is -0.228. The summed E-state index contributed by atoms with van der Waals surface area (Å²) in [7, 11) is 1.51. The number of nitrogen functional groups attached to an aromatic ring is 1. The van der Waals surface area contributed by atoms with Gasteiger partial charge < -0.3 is 10.5 Å². The number of pyridine rings is 1. The van der Waals surface area contributed by atoms with Crippen LogP contribution >= 0.6 is 0 Å². The van der Waals surface area contributed by atoms with Gasteiger partial charge in [0, 0.05) is 17.4 Å². The van der Waals surface area contributed by atoms with Crippen LogP contribution in [0, 0.1) is 6.92 Å². The summed E-state index contributed by atoms with van der Waals surface area (Å²) in [5.74, 6) is 0.219. The van der Waals surface area contributed by atoms with Gasteiger partial charge in [0.15, 0.2) is 5.69 Å². The molecule has 0 saturated carbocycles. The molecule has 4 heteroatoms. The van der Waals surface area contributed by atoms with Crippen LogP contribution in [0.15, 0.2) is 36.5 Å². The molecule has 1 aromatic carbocycles. The molecule has 92 valence electrons. The maximum absolute atomic E-state index is 12.4. The van der Waals surface area contributed by atoms with Crippen molar-refractivity contribution >= 4 is 11.5 Å². The Labute approximate surface area is 105 Å². The van der Waals surface area contributed by atoms with Gasteiger partial charge in [-0.15, -0.1) is 0 Å². The molecule has 2 aromatic rings. The Morgan fingerprint density at radius 1 is 1.33 bits per heavy atom. The largest absolute Gasteiger partial charge is 0.494 e. The highest BCUT2D eigenvalue weighted by Gasteiger charge is 2.17. The van der Waals surface area contributed by atoms with E-state index in [1.54, 1.807) is 30.5 Å². The van der Waals surface area contributed by atoms with E-state index in [1.165, 1.54) is 7.11 Å². The van der Waals surface area contributed by atoms with E-state index in [9.17, 15) is 4.79 Å². The van der Waals surface area contributed by atoms with E-state index in [0.717, 1.165) is 5.56 Å². The van der Waals surface area contributed by atoms with Crippen molar-refractivity contribution in [3.63, 3.8) is 0 Å². The van der Waals surface area contributed by atoms with Crippen molar-refractivity contribution in [1.82, 2.24) is 4.98 Å². The minimum absolute atomic E-state index is 0.228. The lowest BCUT2D eigenvalue weighted by Crippen LogP contribution is -2.09. The van der Waals surface area contributed by atoms with Gasteiger partial charge in [0.2, 0.25) is 5.78 Å². The van der Waals surface area contributed by atoms with E-state index in [0.29, 0.717) is 17.0 Å². The van der Waals surface area contributed by atoms with Crippen LogP contribution in [0.3, 0.4) is 0 Å². The number of benzene rings is 1. The van der Waals surface area contributed by atoms with E-state index in [2.05, 4.69) is 4.98 Å². The molecule has 1 heterocycles. The van der Waals surface area contributed by atoms with Crippen LogP contribution in [0.5, 0.6) is 5.75 Å². The summed E-state index contributed by atoms with van der Waals surface area (Å²) in [5, 5.41) is 0. The molecule has 2 N–H and O–H groups in total. The number of aryl methyl sites for hydroxylation is 1. The maximum Gasteiger partial charge on any atom is 0.217 e. The number of ketones is 1. The van der Waals surface area contributed by atoms with Crippen molar-refractivity contribution in [2.24, 2.45) is 0 Å². The maximum atomic E-state index is 12.4. The van der Waals surface area contributed by atoms with Gasteiger partial charge in [0.25, 0.3) is 0 Å². The van der Waals surface area contributed by atoms with Gasteiger partial charge in [0.1, 0.15) is 5.75 Å². The highest BCUT2D eigenvalue weighted by molar-refractivity contribution is 6.12. The molecule has 0 atom stereocenters. The van der Waals surface area contributed by atoms with Crippen LogP contribution in [-0.4, -0.2) is 17.9 Å². The van der Waals surface area contributed by atoms with Crippen molar-refractivity contribution in [3.05, 3.63) is 53.3 Å². The molecule has 4 nitrogen and oxygen atoms in total. The zero-order chi connectivity index (χ0) is 13.1. The summed E-state index contributed by atoms with van der Waals surface area (Å²) in [4.78, 5) is 16.4. The molecule has 0 aliphatic carbocycles. The average molecular weight is 242 g/mol. The van der Waals surface area contributed by atoms with Gasteiger partial charge in [-0.25, -0.2) is 4.98 Å². The fourth-order valence-corrected chi connectivity index (χ4v) is 1.72. The van der Waals surface area contributed by atoms with Crippen molar-refractivity contribution < 1.29 is 9.53 Å². The number of carbonyl (C=O) groups is 1. The summed E-state index contributed by atoms with van der Waals surface area (Å²) in [6, 6.07) is 8.76. The quantitative estimate of drug-likeness (QED) is 0.662. The number of methoxy groups -OCH3 is 1. The normalized spacial score (nSPS) is 10.1. The van der Waals surface area contributed by atoms with Crippen LogP contribution in [0.4, 0.5) is 5.69 Å². The third kappa shape index (κ3) is 2.18. The summed E-state index contributed by atoms with van der Waals surface area (Å²) in [5.41, 5.74) is 7.97. The van der Waals surface area contributed by atoms with Crippen molar-refractivity contribution in [3.8, 4) is 5.75 Å². The van der Waals surface area contributed by atoms with Gasteiger partial charge in [0.05, 0.1) is 7.11 Å². The van der Waals surface area contributed by atoms with Crippen molar-refractivity contribution in [2.45, 2.75) is 6.92 Å². The second-order valence-electron chi connectivity index (χ2n) is 3.97. The first-order chi connectivity index (χ1) is 8.63. The number of nitrogens with two attached hydrogens (primary N) is 1. The number of aromatic nitrogens is 1. The molecule has 1 aromatic heterocycles. The summed E-state index contributed by atoms with van der Waals surface area (Å²) >= 11 is 0. The van der Waals surface area contributed by atoms with Crippen molar-refractivity contribution in [1.29, 1.82) is 0 Å². The van der Waals surface area contributed by atoms with E-state index < -0.39 is 0 Å². The van der Waals surface area contributed by atoms with Crippen LogP contribution in [-0.2, 0) is 0 Å². The first-order valence-corrected chi connectivity index (χ1v) is 5.53. The number of ether oxygens (including phenoxy) is 1. The Kier molecular flexibility index (Phi) is 3.28. The lowest BCUT2D eigenvalue weighted by molar-refractivity contribution is 0.103. The smallest absolute Gasteiger partial charge is 0.217 e. The Balaban J connectivity index is 2.51. The number of carbonyl (C=O) groups excluding carboxylic acids is 1. The first-order valence-electron chi connectivity index (χ1n) is 5.53. The zero-order valence-electron chi connectivity index (χ0n) is 10.3. The number of hydrogen-bond donors (Lipinski definition) is 1. The second-order valence-corrected chi connectivity index (χ2v) is 3.97. The molecule has 0 fully saturated rings. The Bertz CT molecular complexity index is 594. The van der Waals surface area contributed by atoms with E-state index >= 15 is 0 Å².